The van der Waals surface area contributed by atoms with Crippen molar-refractivity contribution in [2.24, 2.45) is 0 Å². The van der Waals surface area contributed by atoms with Gasteiger partial charge in [0.05, 0.1) is 6.61 Å². The lowest BCUT2D eigenvalue weighted by Crippen LogP contribution is -2.19. The van der Waals surface area contributed by atoms with Gasteiger partial charge in [-0.25, -0.2) is 8.78 Å². The Morgan fingerprint density at radius 1 is 1.36 bits per heavy atom. The third kappa shape index (κ3) is 3.40. The standard InChI is InChI=1S/C10H13F2NO/c1-14-5-4-13-7-8-6-9(11)2-3-10(8)12/h2-3,6,13H,4-5,7H2,1H3. The van der Waals surface area contributed by atoms with Gasteiger partial charge in [-0.2, -0.15) is 0 Å². The van der Waals surface area contributed by atoms with Crippen molar-refractivity contribution in [1.82, 2.24) is 5.32 Å². The largest absolute Gasteiger partial charge is 0.383 e. The summed E-state index contributed by atoms with van der Waals surface area (Å²) in [7, 11) is 1.59. The van der Waals surface area contributed by atoms with E-state index < -0.39 is 11.6 Å². The van der Waals surface area contributed by atoms with Gasteiger partial charge in [0, 0.05) is 25.8 Å². The van der Waals surface area contributed by atoms with Crippen LogP contribution in [0, 0.1) is 11.6 Å². The van der Waals surface area contributed by atoms with Crippen LogP contribution in [0.15, 0.2) is 18.2 Å². The molecule has 0 aliphatic heterocycles. The van der Waals surface area contributed by atoms with Gasteiger partial charge in [-0.05, 0) is 18.2 Å². The second-order valence-corrected chi connectivity index (χ2v) is 2.91. The van der Waals surface area contributed by atoms with Gasteiger partial charge in [0.2, 0.25) is 0 Å². The van der Waals surface area contributed by atoms with E-state index in [0.717, 1.165) is 12.1 Å². The molecule has 0 heterocycles. The number of nitrogens with one attached hydrogen (secondary N) is 1. The van der Waals surface area contributed by atoms with Crippen LogP contribution in [-0.2, 0) is 11.3 Å². The van der Waals surface area contributed by atoms with Crippen molar-refractivity contribution in [3.63, 3.8) is 0 Å². The molecule has 0 saturated heterocycles. The molecule has 0 bridgehead atoms. The molecule has 0 atom stereocenters. The number of hydrogen-bond donors (Lipinski definition) is 1. The van der Waals surface area contributed by atoms with Gasteiger partial charge >= 0.3 is 0 Å². The Bertz CT molecular complexity index is 291. The van der Waals surface area contributed by atoms with Crippen molar-refractivity contribution in [2.75, 3.05) is 20.3 Å². The minimum atomic E-state index is -0.421. The molecule has 14 heavy (non-hydrogen) atoms. The molecule has 0 aliphatic rings. The van der Waals surface area contributed by atoms with Crippen LogP contribution in [0.1, 0.15) is 5.56 Å². The Morgan fingerprint density at radius 3 is 2.86 bits per heavy atom. The highest BCUT2D eigenvalue weighted by molar-refractivity contribution is 5.18. The van der Waals surface area contributed by atoms with Crippen molar-refractivity contribution in [3.8, 4) is 0 Å². The third-order valence-corrected chi connectivity index (χ3v) is 1.81. The first-order valence-electron chi connectivity index (χ1n) is 4.37. The number of hydrogen-bond acceptors (Lipinski definition) is 2. The monoisotopic (exact) mass is 201 g/mol. The van der Waals surface area contributed by atoms with Gasteiger partial charge in [-0.3, -0.25) is 0 Å². The van der Waals surface area contributed by atoms with E-state index in [0.29, 0.717) is 25.3 Å². The Labute approximate surface area is 81.9 Å². The maximum atomic E-state index is 13.0. The first kappa shape index (κ1) is 11.1. The van der Waals surface area contributed by atoms with Crippen LogP contribution in [0.5, 0.6) is 0 Å². The smallest absolute Gasteiger partial charge is 0.127 e. The molecular weight excluding hydrogens is 188 g/mol. The van der Waals surface area contributed by atoms with E-state index in [9.17, 15) is 8.78 Å². The lowest BCUT2D eigenvalue weighted by atomic mass is 10.2. The summed E-state index contributed by atoms with van der Waals surface area (Å²) in [4.78, 5) is 0. The normalized spacial score (nSPS) is 10.5. The molecule has 0 unspecified atom stereocenters. The molecule has 2 nitrogen and oxygen atoms in total. The molecule has 0 amide bonds. The summed E-state index contributed by atoms with van der Waals surface area (Å²) in [5.41, 5.74) is 0.334. The van der Waals surface area contributed by atoms with Crippen LogP contribution >= 0.6 is 0 Å². The summed E-state index contributed by atoms with van der Waals surface area (Å²) in [6, 6.07) is 3.42. The molecule has 0 radical (unpaired) electrons. The molecule has 0 fully saturated rings. The molecule has 0 saturated carbocycles. The van der Waals surface area contributed by atoms with Crippen LogP contribution in [0.25, 0.3) is 0 Å². The number of methoxy groups -OCH3 is 1. The summed E-state index contributed by atoms with van der Waals surface area (Å²) in [6.45, 7) is 1.48. The van der Waals surface area contributed by atoms with Crippen LogP contribution in [0.4, 0.5) is 8.78 Å². The number of halogens is 2. The number of ether oxygens (including phenoxy) is 1. The summed E-state index contributed by atoms with van der Waals surface area (Å²) >= 11 is 0. The molecule has 0 aliphatic carbocycles. The molecule has 4 heteroatoms. The van der Waals surface area contributed by atoms with E-state index in [-0.39, 0.29) is 0 Å². The molecular formula is C10H13F2NO. The van der Waals surface area contributed by atoms with Crippen molar-refractivity contribution < 1.29 is 13.5 Å². The predicted octanol–water partition coefficient (Wildman–Crippen LogP) is 1.70. The Hall–Kier alpha value is -1.00. The average Bonchev–Trinajstić information content (AvgIpc) is 2.18. The molecule has 1 aromatic carbocycles. The zero-order chi connectivity index (χ0) is 10.4. The lowest BCUT2D eigenvalue weighted by molar-refractivity contribution is 0.199. The second kappa shape index (κ2) is 5.67. The van der Waals surface area contributed by atoms with Crippen LogP contribution < -0.4 is 5.32 Å². The predicted molar refractivity (Wildman–Crippen MR) is 49.9 cm³/mol. The third-order valence-electron chi connectivity index (χ3n) is 1.81. The first-order chi connectivity index (χ1) is 6.74. The van der Waals surface area contributed by atoms with Gasteiger partial charge in [-0.1, -0.05) is 0 Å². The van der Waals surface area contributed by atoms with Crippen LogP contribution in [0.3, 0.4) is 0 Å². The Balaban J connectivity index is 2.45. The van der Waals surface area contributed by atoms with E-state index in [1.807, 2.05) is 0 Å². The molecule has 0 aromatic heterocycles. The first-order valence-corrected chi connectivity index (χ1v) is 4.37. The quantitative estimate of drug-likeness (QED) is 0.732. The van der Waals surface area contributed by atoms with Crippen LogP contribution in [0.2, 0.25) is 0 Å². The minimum Gasteiger partial charge on any atom is -0.383 e. The summed E-state index contributed by atoms with van der Waals surface area (Å²) in [5.74, 6) is -0.814. The fourth-order valence-corrected chi connectivity index (χ4v) is 1.08. The maximum absolute atomic E-state index is 13.0. The highest BCUT2D eigenvalue weighted by atomic mass is 19.1. The van der Waals surface area contributed by atoms with E-state index >= 15 is 0 Å². The zero-order valence-corrected chi connectivity index (χ0v) is 8.02. The Kier molecular flexibility index (Phi) is 4.49. The SMILES string of the molecule is COCCNCc1cc(F)ccc1F. The average molecular weight is 201 g/mol. The minimum absolute atomic E-state index is 0.312. The van der Waals surface area contributed by atoms with Gasteiger partial charge in [0.1, 0.15) is 11.6 Å². The molecule has 1 N–H and O–H groups in total. The molecule has 78 valence electrons. The van der Waals surface area contributed by atoms with E-state index in [2.05, 4.69) is 5.32 Å². The molecule has 1 rings (SSSR count). The fourth-order valence-electron chi connectivity index (χ4n) is 1.08. The number of rotatable bonds is 5. The maximum Gasteiger partial charge on any atom is 0.127 e. The van der Waals surface area contributed by atoms with Crippen molar-refractivity contribution in [1.29, 1.82) is 0 Å². The fraction of sp³-hybridized carbons (Fsp3) is 0.400. The lowest BCUT2D eigenvalue weighted by Gasteiger charge is -2.05. The highest BCUT2D eigenvalue weighted by Crippen LogP contribution is 2.08. The summed E-state index contributed by atoms with van der Waals surface area (Å²) < 4.78 is 30.5. The van der Waals surface area contributed by atoms with Gasteiger partial charge in [-0.15, -0.1) is 0 Å². The summed E-state index contributed by atoms with van der Waals surface area (Å²) in [6.07, 6.45) is 0. The van der Waals surface area contributed by atoms with Crippen molar-refractivity contribution in [2.45, 2.75) is 6.54 Å². The van der Waals surface area contributed by atoms with Gasteiger partial charge in [0.25, 0.3) is 0 Å². The van der Waals surface area contributed by atoms with Crippen molar-refractivity contribution >= 4 is 0 Å². The van der Waals surface area contributed by atoms with E-state index in [4.69, 9.17) is 4.74 Å². The Morgan fingerprint density at radius 2 is 2.14 bits per heavy atom. The van der Waals surface area contributed by atoms with Gasteiger partial charge < -0.3 is 10.1 Å². The topological polar surface area (TPSA) is 21.3 Å². The molecule has 0 spiro atoms. The highest BCUT2D eigenvalue weighted by Gasteiger charge is 2.02. The van der Waals surface area contributed by atoms with Crippen molar-refractivity contribution in [3.05, 3.63) is 35.4 Å². The summed E-state index contributed by atoms with van der Waals surface area (Å²) in [5, 5.41) is 2.94. The van der Waals surface area contributed by atoms with E-state index in [1.54, 1.807) is 7.11 Å². The second-order valence-electron chi connectivity index (χ2n) is 2.91. The number of benzene rings is 1. The van der Waals surface area contributed by atoms with E-state index in [1.165, 1.54) is 6.07 Å². The van der Waals surface area contributed by atoms with Gasteiger partial charge in [0.15, 0.2) is 0 Å². The molecule has 1 aromatic rings. The van der Waals surface area contributed by atoms with Crippen LogP contribution in [-0.4, -0.2) is 20.3 Å². The zero-order valence-electron chi connectivity index (χ0n) is 8.02.